The number of pyridine rings is 1. The van der Waals surface area contributed by atoms with Crippen molar-refractivity contribution in [3.05, 3.63) is 75.3 Å². The first kappa shape index (κ1) is 51.2. The molecule has 0 radical (unpaired) electrons. The lowest BCUT2D eigenvalue weighted by molar-refractivity contribution is -0.689. The van der Waals surface area contributed by atoms with E-state index in [2.05, 4.69) is 41.5 Å². The van der Waals surface area contributed by atoms with Gasteiger partial charge in [0, 0.05) is 40.0 Å². The number of aromatic nitrogens is 3. The van der Waals surface area contributed by atoms with Crippen molar-refractivity contribution in [2.45, 2.75) is 68.3 Å². The van der Waals surface area contributed by atoms with Crippen LogP contribution < -0.4 is 36.7 Å². The molecule has 3 aromatic rings. The van der Waals surface area contributed by atoms with Crippen molar-refractivity contribution in [1.82, 2.24) is 30.8 Å². The van der Waals surface area contributed by atoms with Crippen molar-refractivity contribution in [2.24, 2.45) is 10.3 Å². The third-order valence-corrected chi connectivity index (χ3v) is 14.0. The van der Waals surface area contributed by atoms with Crippen LogP contribution in [0.4, 0.5) is 10.3 Å². The van der Waals surface area contributed by atoms with Crippen LogP contribution in [0.1, 0.15) is 39.1 Å². The number of anilines is 2. The summed E-state index contributed by atoms with van der Waals surface area (Å²) in [5, 5.41) is 68.9. The van der Waals surface area contributed by atoms with E-state index >= 15 is 0 Å². The summed E-state index contributed by atoms with van der Waals surface area (Å²) in [4.78, 5) is 124. The van der Waals surface area contributed by atoms with Gasteiger partial charge < -0.3 is 67.0 Å². The number of carbonyl (C=O) groups excluding carboxylic acids is 5. The highest BCUT2D eigenvalue weighted by Gasteiger charge is 2.53. The largest absolute Gasteiger partial charge is 0.543 e. The van der Waals surface area contributed by atoms with Crippen LogP contribution in [0.3, 0.4) is 0 Å². The second-order valence-corrected chi connectivity index (χ2v) is 19.7. The van der Waals surface area contributed by atoms with Crippen LogP contribution in [-0.4, -0.2) is 146 Å². The van der Waals surface area contributed by atoms with E-state index in [1.807, 2.05) is 0 Å². The Bertz CT molecular complexity index is 2720. The Morgan fingerprint density at radius 1 is 0.913 bits per heavy atom. The minimum atomic E-state index is -2.02. The van der Waals surface area contributed by atoms with Gasteiger partial charge in [0.1, 0.15) is 39.9 Å². The molecule has 3 aliphatic rings. The molecule has 1 saturated heterocycles. The van der Waals surface area contributed by atoms with Crippen LogP contribution >= 0.6 is 46.2 Å². The Balaban J connectivity index is 1.28. The highest BCUT2D eigenvalue weighted by molar-refractivity contribution is 8.00. The maximum Gasteiger partial charge on any atom is 0.352 e. The summed E-state index contributed by atoms with van der Waals surface area (Å²) in [5.74, 6) is -10.2. The number of aliphatic hydroxyl groups is 1. The maximum atomic E-state index is 14.2. The van der Waals surface area contributed by atoms with Crippen molar-refractivity contribution < 1.29 is 78.1 Å². The normalized spacial score (nSPS) is 19.1. The van der Waals surface area contributed by atoms with Crippen LogP contribution in [0, 0.1) is 0 Å². The number of aliphatic hydroxyl groups excluding tert-OH is 1. The molecule has 0 aromatic carbocycles. The second kappa shape index (κ2) is 21.0. The van der Waals surface area contributed by atoms with Gasteiger partial charge in [-0.15, -0.1) is 46.2 Å². The standard InChI is InChI=1S/C39H41N11O15S4/c1-38(2,34(60)61)64-47-21(18-14-68-36(40)41-18)26(52)43-23(29-45-20(32(56)57)17(11-51)13-66-29)28(54)46-37-42-19(15-69-37)22(48-65-39(3,4)35(62)63)27(53)44-24-30(55)50-25(33(58)59)16(12-67-31(24)50)10-49-8-6-5-7-9-49/h5-9,14-15,23-24,29,31,45,51H,10-13H2,1-4H3,(H8-,40,41,42,43,44,46,52,53,54,56,57,58,59,60,61,62,63)/b47-21-,48-22-. The number of oxime groups is 2. The molecule has 0 aliphatic carbocycles. The molecule has 4 unspecified atom stereocenters. The Kier molecular flexibility index (Phi) is 15.6. The number of thioether (sulfide) groups is 2. The molecule has 0 bridgehead atoms. The van der Waals surface area contributed by atoms with E-state index in [1.165, 1.54) is 22.5 Å². The van der Waals surface area contributed by atoms with Crippen molar-refractivity contribution in [3.63, 3.8) is 0 Å². The van der Waals surface area contributed by atoms with Gasteiger partial charge in [0.25, 0.3) is 23.6 Å². The van der Waals surface area contributed by atoms with Crippen LogP contribution in [0.15, 0.2) is 74.2 Å². The number of carboxylic acids is 4. The summed E-state index contributed by atoms with van der Waals surface area (Å²) in [6.07, 6.45) is 3.43. The van der Waals surface area contributed by atoms with Gasteiger partial charge in [-0.05, 0) is 33.3 Å². The fraction of sp³-hybridized carbons (Fsp3) is 0.359. The first-order chi connectivity index (χ1) is 32.5. The van der Waals surface area contributed by atoms with E-state index in [1.54, 1.807) is 35.2 Å². The summed E-state index contributed by atoms with van der Waals surface area (Å²) >= 11 is 3.68. The van der Waals surface area contributed by atoms with Gasteiger partial charge in [0.05, 0.1) is 18.3 Å². The monoisotopic (exact) mass is 1030 g/mol. The zero-order chi connectivity index (χ0) is 50.5. The zero-order valence-corrected chi connectivity index (χ0v) is 39.6. The number of carboxylic acid groups (broad SMARTS) is 4. The number of rotatable bonds is 20. The van der Waals surface area contributed by atoms with Crippen LogP contribution in [0.5, 0.6) is 0 Å². The van der Waals surface area contributed by atoms with E-state index < -0.39 is 105 Å². The topological polar surface area (TPSA) is 391 Å². The Hall–Kier alpha value is -7.15. The Morgan fingerprint density at radius 2 is 1.51 bits per heavy atom. The second-order valence-electron chi connectivity index (χ2n) is 15.7. The van der Waals surface area contributed by atoms with Gasteiger partial charge in [-0.1, -0.05) is 16.4 Å². The lowest BCUT2D eigenvalue weighted by Gasteiger charge is -2.50. The molecule has 69 heavy (non-hydrogen) atoms. The minimum absolute atomic E-state index is 0.0220. The predicted octanol–water partition coefficient (Wildman–Crippen LogP) is -2.14. The van der Waals surface area contributed by atoms with Crippen molar-refractivity contribution in [2.75, 3.05) is 29.2 Å². The SMILES string of the molecule is CC(C)(O/N=C(\C(=O)NC(C(=O)Nc1nc(/C(=N/OC(C)(C)C(=O)O)C(=O)NC2C(=O)N3C(C(=O)[O-])=C(C[n+]4ccccc4)CSC23)cs1)C1NC(C(=O)O)=C(CO)CS1)c1csc(N)n1)C(=O)O. The van der Waals surface area contributed by atoms with Crippen LogP contribution in [0.25, 0.3) is 0 Å². The van der Waals surface area contributed by atoms with Crippen molar-refractivity contribution in [1.29, 1.82) is 0 Å². The zero-order valence-electron chi connectivity index (χ0n) is 36.4. The van der Waals surface area contributed by atoms with Crippen LogP contribution in [-0.2, 0) is 54.6 Å². The van der Waals surface area contributed by atoms with Crippen LogP contribution in [0.2, 0.25) is 0 Å². The molecule has 1 fully saturated rings. The number of nitrogens with zero attached hydrogens (tertiary/aromatic N) is 6. The number of fused-ring (bicyclic) bond motifs is 1. The average Bonchev–Trinajstić information content (AvgIpc) is 3.95. The number of nitrogens with two attached hydrogens (primary N) is 1. The predicted molar refractivity (Wildman–Crippen MR) is 243 cm³/mol. The lowest BCUT2D eigenvalue weighted by Crippen LogP contribution is -2.71. The van der Waals surface area contributed by atoms with Gasteiger partial charge in [0.15, 0.2) is 40.6 Å². The molecule has 6 heterocycles. The van der Waals surface area contributed by atoms with E-state index in [4.69, 9.17) is 15.4 Å². The van der Waals surface area contributed by atoms with Gasteiger partial charge in [-0.3, -0.25) is 24.1 Å². The molecule has 4 amide bonds. The van der Waals surface area contributed by atoms with Crippen molar-refractivity contribution >= 4 is 115 Å². The van der Waals surface area contributed by atoms with Crippen molar-refractivity contribution in [3.8, 4) is 0 Å². The molecule has 0 spiro atoms. The molecule has 4 atom stereocenters. The minimum Gasteiger partial charge on any atom is -0.543 e. The molecule has 0 saturated carbocycles. The molecule has 10 N–H and O–H groups in total. The molecule has 6 rings (SSSR count). The fourth-order valence-corrected chi connectivity index (χ4v) is 9.93. The molecular weight excluding hydrogens is 991 g/mol. The summed E-state index contributed by atoms with van der Waals surface area (Å²) in [6.45, 7) is 4.02. The fourth-order valence-electron chi connectivity index (χ4n) is 6.14. The van der Waals surface area contributed by atoms with Gasteiger partial charge in [-0.25, -0.2) is 28.9 Å². The Morgan fingerprint density at radius 3 is 2.07 bits per heavy atom. The first-order valence-corrected chi connectivity index (χ1v) is 23.7. The average molecular weight is 1030 g/mol. The summed E-state index contributed by atoms with van der Waals surface area (Å²) < 4.78 is 1.71. The third kappa shape index (κ3) is 11.6. The van der Waals surface area contributed by atoms with Gasteiger partial charge in [0.2, 0.25) is 11.2 Å². The number of nitrogen functional groups attached to an aromatic ring is 1. The highest BCUT2D eigenvalue weighted by Crippen LogP contribution is 2.40. The number of aliphatic carboxylic acids is 4. The van der Waals surface area contributed by atoms with E-state index in [0.29, 0.717) is 16.9 Å². The first-order valence-electron chi connectivity index (χ1n) is 19.9. The highest BCUT2D eigenvalue weighted by atomic mass is 32.2. The Labute approximate surface area is 405 Å². The number of β-lactam (4-membered cyclic amide) rings is 1. The number of thiazole rings is 2. The van der Waals surface area contributed by atoms with Gasteiger partial charge in [-0.2, -0.15) is 0 Å². The summed E-state index contributed by atoms with van der Waals surface area (Å²) in [6, 6.07) is 2.20. The number of hydrogen-bond acceptors (Lipinski definition) is 22. The molecule has 366 valence electrons. The van der Waals surface area contributed by atoms with E-state index in [0.717, 1.165) is 55.7 Å². The number of carbonyl (C=O) groups is 8. The third-order valence-electron chi connectivity index (χ3n) is 9.96. The molecule has 30 heteroatoms. The molecular formula is C39H41N11O15S4. The quantitative estimate of drug-likeness (QED) is 0.0252. The number of hydrogen-bond donors (Lipinski definition) is 9. The molecule has 3 aromatic heterocycles. The van der Waals surface area contributed by atoms with Gasteiger partial charge >= 0.3 is 17.9 Å². The van der Waals surface area contributed by atoms with E-state index in [9.17, 15) is 63.9 Å². The molecule has 26 nitrogen and oxygen atoms in total. The summed E-state index contributed by atoms with van der Waals surface area (Å²) in [5.41, 5.74) is -0.388. The number of nitrogens with one attached hydrogen (secondary N) is 4. The lowest BCUT2D eigenvalue weighted by atomic mass is 10.0. The molecule has 3 aliphatic heterocycles. The van der Waals surface area contributed by atoms with E-state index in [-0.39, 0.29) is 51.0 Å². The number of amides is 4. The maximum absolute atomic E-state index is 14.2. The summed E-state index contributed by atoms with van der Waals surface area (Å²) in [7, 11) is 0. The smallest absolute Gasteiger partial charge is 0.352 e.